The van der Waals surface area contributed by atoms with Gasteiger partial charge < -0.3 is 24.8 Å². The molecular formula is C22H31N3O4. The second-order valence-corrected chi connectivity index (χ2v) is 7.53. The predicted octanol–water partition coefficient (Wildman–Crippen LogP) is 0.865. The lowest BCUT2D eigenvalue weighted by Gasteiger charge is -2.38. The molecule has 1 aromatic rings. The number of carbonyl (C=O) groups excluding carboxylic acids is 1. The molecule has 2 aliphatic rings. The summed E-state index contributed by atoms with van der Waals surface area (Å²) in [6, 6.07) is 8.11. The Morgan fingerprint density at radius 1 is 1.31 bits per heavy atom. The maximum atomic E-state index is 12.1. The standard InChI is InChI=1S/C22H31N3O4/c1-3-11-23-22(27)21-19(26)9-8-17(29-21)10-12-24-13-15-25(16-14-24)18-6-4-5-7-20(18)28-2/h1,4-7,17,19,21,26H,8-16H2,2H3,(H,23,27). The maximum absolute atomic E-state index is 12.1. The zero-order valence-corrected chi connectivity index (χ0v) is 17.0. The average Bonchev–Trinajstić information content (AvgIpc) is 2.77. The van der Waals surface area contributed by atoms with E-state index in [9.17, 15) is 9.90 Å². The third kappa shape index (κ3) is 5.63. The smallest absolute Gasteiger partial charge is 0.252 e. The Morgan fingerprint density at radius 2 is 2.07 bits per heavy atom. The third-order valence-corrected chi connectivity index (χ3v) is 5.66. The first kappa shape index (κ1) is 21.4. The van der Waals surface area contributed by atoms with E-state index in [1.807, 2.05) is 18.2 Å². The van der Waals surface area contributed by atoms with Gasteiger partial charge in [-0.15, -0.1) is 6.42 Å². The minimum atomic E-state index is -0.829. The van der Waals surface area contributed by atoms with Gasteiger partial charge in [-0.3, -0.25) is 9.69 Å². The van der Waals surface area contributed by atoms with Crippen LogP contribution in [0.15, 0.2) is 24.3 Å². The maximum Gasteiger partial charge on any atom is 0.252 e. The lowest BCUT2D eigenvalue weighted by molar-refractivity contribution is -0.158. The summed E-state index contributed by atoms with van der Waals surface area (Å²) in [4.78, 5) is 16.9. The molecule has 2 aliphatic heterocycles. The van der Waals surface area contributed by atoms with Crippen molar-refractivity contribution in [3.63, 3.8) is 0 Å². The minimum Gasteiger partial charge on any atom is -0.495 e. The molecule has 0 aliphatic carbocycles. The Bertz CT molecular complexity index is 712. The molecule has 1 aromatic carbocycles. The SMILES string of the molecule is C#CCNC(=O)C1OC(CCN2CCN(c3ccccc3OC)CC2)CCC1O. The number of aliphatic hydroxyl groups excluding tert-OH is 1. The first-order valence-electron chi connectivity index (χ1n) is 10.3. The Morgan fingerprint density at radius 3 is 2.79 bits per heavy atom. The third-order valence-electron chi connectivity index (χ3n) is 5.66. The molecule has 0 aromatic heterocycles. The number of hydrogen-bond acceptors (Lipinski definition) is 6. The van der Waals surface area contributed by atoms with E-state index in [0.717, 1.165) is 57.0 Å². The number of carbonyl (C=O) groups is 1. The number of nitrogens with one attached hydrogen (secondary N) is 1. The predicted molar refractivity (Wildman–Crippen MR) is 112 cm³/mol. The number of rotatable bonds is 7. The van der Waals surface area contributed by atoms with Crippen LogP contribution < -0.4 is 15.0 Å². The number of para-hydroxylation sites is 2. The van der Waals surface area contributed by atoms with E-state index in [-0.39, 0.29) is 18.6 Å². The minimum absolute atomic E-state index is 0.0211. The van der Waals surface area contributed by atoms with Crippen LogP contribution >= 0.6 is 0 Å². The molecule has 29 heavy (non-hydrogen) atoms. The molecule has 158 valence electrons. The van der Waals surface area contributed by atoms with Crippen molar-refractivity contribution in [1.82, 2.24) is 10.2 Å². The van der Waals surface area contributed by atoms with Gasteiger partial charge in [0.1, 0.15) is 5.75 Å². The van der Waals surface area contributed by atoms with Gasteiger partial charge in [0, 0.05) is 32.7 Å². The normalized spacial score (nSPS) is 25.3. The molecule has 0 radical (unpaired) electrons. The summed E-state index contributed by atoms with van der Waals surface area (Å²) in [5.74, 6) is 2.95. The lowest BCUT2D eigenvalue weighted by Crippen LogP contribution is -2.50. The van der Waals surface area contributed by atoms with E-state index < -0.39 is 12.2 Å². The van der Waals surface area contributed by atoms with E-state index in [2.05, 4.69) is 27.1 Å². The fourth-order valence-corrected chi connectivity index (χ4v) is 3.99. The van der Waals surface area contributed by atoms with Gasteiger partial charge in [0.05, 0.1) is 31.5 Å². The van der Waals surface area contributed by atoms with Crippen LogP contribution in [0.3, 0.4) is 0 Å². The van der Waals surface area contributed by atoms with Gasteiger partial charge in [-0.1, -0.05) is 18.1 Å². The molecule has 3 atom stereocenters. The molecular weight excluding hydrogens is 370 g/mol. The monoisotopic (exact) mass is 401 g/mol. The van der Waals surface area contributed by atoms with Crippen molar-refractivity contribution in [3.05, 3.63) is 24.3 Å². The average molecular weight is 402 g/mol. The van der Waals surface area contributed by atoms with Crippen molar-refractivity contribution in [1.29, 1.82) is 0 Å². The quantitative estimate of drug-likeness (QED) is 0.661. The molecule has 3 unspecified atom stereocenters. The number of benzene rings is 1. The molecule has 2 heterocycles. The zero-order valence-electron chi connectivity index (χ0n) is 17.0. The van der Waals surface area contributed by atoms with Gasteiger partial charge in [-0.05, 0) is 31.4 Å². The molecule has 0 spiro atoms. The molecule has 2 fully saturated rings. The van der Waals surface area contributed by atoms with Crippen LogP contribution in [0.4, 0.5) is 5.69 Å². The van der Waals surface area contributed by atoms with Gasteiger partial charge in [0.15, 0.2) is 6.10 Å². The molecule has 2 saturated heterocycles. The molecule has 1 amide bonds. The highest BCUT2D eigenvalue weighted by Gasteiger charge is 2.35. The van der Waals surface area contributed by atoms with E-state index in [1.54, 1.807) is 7.11 Å². The Kier molecular flexibility index (Phi) is 7.76. The van der Waals surface area contributed by atoms with Crippen LogP contribution in [0.1, 0.15) is 19.3 Å². The number of amides is 1. The number of nitrogens with zero attached hydrogens (tertiary/aromatic N) is 2. The van der Waals surface area contributed by atoms with Crippen molar-refractivity contribution in [2.45, 2.75) is 37.6 Å². The van der Waals surface area contributed by atoms with Crippen LogP contribution in [-0.4, -0.2) is 80.6 Å². The van der Waals surface area contributed by atoms with Crippen molar-refractivity contribution in [2.24, 2.45) is 0 Å². The highest BCUT2D eigenvalue weighted by atomic mass is 16.5. The van der Waals surface area contributed by atoms with Crippen molar-refractivity contribution >= 4 is 11.6 Å². The van der Waals surface area contributed by atoms with Gasteiger partial charge in [-0.25, -0.2) is 0 Å². The Hall–Kier alpha value is -2.27. The van der Waals surface area contributed by atoms with Gasteiger partial charge in [-0.2, -0.15) is 0 Å². The van der Waals surface area contributed by atoms with E-state index in [0.29, 0.717) is 6.42 Å². The van der Waals surface area contributed by atoms with Crippen LogP contribution in [-0.2, 0) is 9.53 Å². The Labute approximate surface area is 173 Å². The largest absolute Gasteiger partial charge is 0.495 e. The number of ether oxygens (including phenoxy) is 2. The summed E-state index contributed by atoms with van der Waals surface area (Å²) >= 11 is 0. The number of terminal acetylenes is 1. The number of anilines is 1. The van der Waals surface area contributed by atoms with Crippen LogP contribution in [0, 0.1) is 12.3 Å². The second kappa shape index (κ2) is 10.5. The van der Waals surface area contributed by atoms with Gasteiger partial charge in [0.25, 0.3) is 5.91 Å². The van der Waals surface area contributed by atoms with E-state index in [1.165, 1.54) is 0 Å². The fourth-order valence-electron chi connectivity index (χ4n) is 3.99. The molecule has 0 saturated carbocycles. The lowest BCUT2D eigenvalue weighted by atomic mass is 9.98. The summed E-state index contributed by atoms with van der Waals surface area (Å²) in [5.41, 5.74) is 1.14. The van der Waals surface area contributed by atoms with E-state index in [4.69, 9.17) is 15.9 Å². The highest BCUT2D eigenvalue weighted by molar-refractivity contribution is 5.81. The number of methoxy groups -OCH3 is 1. The van der Waals surface area contributed by atoms with Crippen LogP contribution in [0.25, 0.3) is 0 Å². The molecule has 2 N–H and O–H groups in total. The number of aliphatic hydroxyl groups is 1. The zero-order chi connectivity index (χ0) is 20.6. The summed E-state index contributed by atoms with van der Waals surface area (Å²) in [7, 11) is 1.70. The second-order valence-electron chi connectivity index (χ2n) is 7.53. The summed E-state index contributed by atoms with van der Waals surface area (Å²) in [6.07, 6.45) is 5.74. The van der Waals surface area contributed by atoms with Crippen molar-refractivity contribution in [3.8, 4) is 18.1 Å². The van der Waals surface area contributed by atoms with Crippen LogP contribution in [0.5, 0.6) is 5.75 Å². The molecule has 7 nitrogen and oxygen atoms in total. The first-order chi connectivity index (χ1) is 14.1. The van der Waals surface area contributed by atoms with Crippen molar-refractivity contribution < 1.29 is 19.4 Å². The Balaban J connectivity index is 1.44. The molecule has 0 bridgehead atoms. The van der Waals surface area contributed by atoms with Gasteiger partial charge in [0.2, 0.25) is 0 Å². The van der Waals surface area contributed by atoms with Crippen molar-refractivity contribution in [2.75, 3.05) is 51.3 Å². The number of hydrogen-bond donors (Lipinski definition) is 2. The summed E-state index contributed by atoms with van der Waals surface area (Å²) in [6.45, 7) is 4.90. The summed E-state index contributed by atoms with van der Waals surface area (Å²) in [5, 5.41) is 12.7. The number of piperazine rings is 1. The first-order valence-corrected chi connectivity index (χ1v) is 10.3. The molecule has 7 heteroatoms. The molecule has 3 rings (SSSR count). The highest BCUT2D eigenvalue weighted by Crippen LogP contribution is 2.28. The van der Waals surface area contributed by atoms with Crippen LogP contribution in [0.2, 0.25) is 0 Å². The topological polar surface area (TPSA) is 74.3 Å². The summed E-state index contributed by atoms with van der Waals surface area (Å²) < 4.78 is 11.4. The fraction of sp³-hybridized carbons (Fsp3) is 0.591. The van der Waals surface area contributed by atoms with Gasteiger partial charge >= 0.3 is 0 Å². The van der Waals surface area contributed by atoms with E-state index >= 15 is 0 Å².